The number of amides is 1. The van der Waals surface area contributed by atoms with Crippen molar-refractivity contribution < 1.29 is 9.53 Å². The molecule has 1 unspecified atom stereocenters. The molecule has 0 saturated carbocycles. The van der Waals surface area contributed by atoms with Crippen molar-refractivity contribution in [1.29, 1.82) is 0 Å². The molecule has 1 heterocycles. The minimum Gasteiger partial charge on any atom is -0.370 e. The number of anilines is 1. The van der Waals surface area contributed by atoms with E-state index in [1.807, 2.05) is 24.3 Å². The summed E-state index contributed by atoms with van der Waals surface area (Å²) in [7, 11) is 0. The Balaban J connectivity index is 0.00000288. The van der Waals surface area contributed by atoms with Crippen molar-refractivity contribution in [3.05, 3.63) is 29.8 Å². The Morgan fingerprint density at radius 2 is 2.29 bits per heavy atom. The van der Waals surface area contributed by atoms with Crippen LogP contribution >= 0.6 is 24.0 Å². The molecule has 0 radical (unpaired) electrons. The van der Waals surface area contributed by atoms with E-state index in [9.17, 15) is 4.79 Å². The quantitative estimate of drug-likeness (QED) is 0.260. The molecule has 1 fully saturated rings. The highest BCUT2D eigenvalue weighted by Gasteiger charge is 2.23. The second-order valence-corrected chi connectivity index (χ2v) is 5.67. The van der Waals surface area contributed by atoms with E-state index in [0.717, 1.165) is 43.5 Å². The van der Waals surface area contributed by atoms with Crippen LogP contribution in [-0.4, -0.2) is 31.1 Å². The number of nitrogens with one attached hydrogen (secondary N) is 2. The standard InChI is InChI=1S/C17H26N4O2.HI/c1-2-3-9-19-17(18)20-12-13-6-4-7-14(11-13)21-16(22)15-8-5-10-23-15;/h4,6-7,11,15H,2-3,5,8-10,12H2,1H3,(H,21,22)(H3,18,19,20);1H. The Hall–Kier alpha value is -1.35. The molecule has 0 spiro atoms. The third-order valence-electron chi connectivity index (χ3n) is 3.69. The third-order valence-corrected chi connectivity index (χ3v) is 3.69. The van der Waals surface area contributed by atoms with Gasteiger partial charge in [0.2, 0.25) is 0 Å². The fourth-order valence-electron chi connectivity index (χ4n) is 2.38. The molecule has 0 bridgehead atoms. The van der Waals surface area contributed by atoms with Gasteiger partial charge in [-0.2, -0.15) is 0 Å². The molecular formula is C17H27IN4O2. The van der Waals surface area contributed by atoms with Crippen molar-refractivity contribution >= 4 is 41.5 Å². The topological polar surface area (TPSA) is 88.7 Å². The Bertz CT molecular complexity index is 545. The number of unbranched alkanes of at least 4 members (excludes halogenated alkanes) is 1. The van der Waals surface area contributed by atoms with Crippen LogP contribution in [0.1, 0.15) is 38.2 Å². The van der Waals surface area contributed by atoms with Gasteiger partial charge in [-0.1, -0.05) is 25.5 Å². The van der Waals surface area contributed by atoms with E-state index in [2.05, 4.69) is 22.5 Å². The van der Waals surface area contributed by atoms with Gasteiger partial charge in [-0.05, 0) is 37.0 Å². The summed E-state index contributed by atoms with van der Waals surface area (Å²) in [5.74, 6) is 0.371. The molecule has 1 aliphatic heterocycles. The number of nitrogens with zero attached hydrogens (tertiary/aromatic N) is 1. The number of halogens is 1. The highest BCUT2D eigenvalue weighted by atomic mass is 127. The maximum absolute atomic E-state index is 12.0. The van der Waals surface area contributed by atoms with Gasteiger partial charge in [-0.15, -0.1) is 24.0 Å². The van der Waals surface area contributed by atoms with Gasteiger partial charge >= 0.3 is 0 Å². The second kappa shape index (κ2) is 11.2. The van der Waals surface area contributed by atoms with Crippen molar-refractivity contribution in [3.8, 4) is 0 Å². The van der Waals surface area contributed by atoms with E-state index in [4.69, 9.17) is 10.5 Å². The highest BCUT2D eigenvalue weighted by molar-refractivity contribution is 14.0. The van der Waals surface area contributed by atoms with Crippen molar-refractivity contribution in [2.45, 2.75) is 45.3 Å². The van der Waals surface area contributed by atoms with Crippen molar-refractivity contribution in [2.24, 2.45) is 10.7 Å². The molecule has 0 aromatic heterocycles. The SMILES string of the molecule is CCCCNC(N)=NCc1cccc(NC(=O)C2CCCO2)c1.I. The van der Waals surface area contributed by atoms with Gasteiger partial charge in [-0.25, -0.2) is 4.99 Å². The predicted octanol–water partition coefficient (Wildman–Crippen LogP) is 2.63. The van der Waals surface area contributed by atoms with Crippen LogP contribution in [0.5, 0.6) is 0 Å². The van der Waals surface area contributed by atoms with E-state index in [1.54, 1.807) is 0 Å². The lowest BCUT2D eigenvalue weighted by atomic mass is 10.2. The van der Waals surface area contributed by atoms with Crippen LogP contribution in [0, 0.1) is 0 Å². The van der Waals surface area contributed by atoms with Gasteiger partial charge in [0.15, 0.2) is 5.96 Å². The Morgan fingerprint density at radius 3 is 3.00 bits per heavy atom. The van der Waals surface area contributed by atoms with Gasteiger partial charge in [0, 0.05) is 18.8 Å². The summed E-state index contributed by atoms with van der Waals surface area (Å²) < 4.78 is 5.38. The number of ether oxygens (including phenoxy) is 1. The zero-order valence-electron chi connectivity index (χ0n) is 14.1. The maximum Gasteiger partial charge on any atom is 0.253 e. The molecule has 1 aromatic rings. The molecule has 1 atom stereocenters. The monoisotopic (exact) mass is 446 g/mol. The molecule has 4 N–H and O–H groups in total. The van der Waals surface area contributed by atoms with Crippen LogP contribution in [0.15, 0.2) is 29.3 Å². The molecule has 1 aliphatic rings. The number of hydrogen-bond donors (Lipinski definition) is 3. The van der Waals surface area contributed by atoms with Gasteiger partial charge < -0.3 is 21.1 Å². The van der Waals surface area contributed by atoms with E-state index < -0.39 is 0 Å². The lowest BCUT2D eigenvalue weighted by Crippen LogP contribution is -2.32. The Morgan fingerprint density at radius 1 is 1.46 bits per heavy atom. The number of aliphatic imine (C=N–C) groups is 1. The lowest BCUT2D eigenvalue weighted by molar-refractivity contribution is -0.124. The number of rotatable bonds is 7. The number of nitrogens with two attached hydrogens (primary N) is 1. The van der Waals surface area contributed by atoms with E-state index in [-0.39, 0.29) is 36.0 Å². The van der Waals surface area contributed by atoms with Crippen molar-refractivity contribution in [3.63, 3.8) is 0 Å². The average Bonchev–Trinajstić information content (AvgIpc) is 3.08. The van der Waals surface area contributed by atoms with Crippen LogP contribution < -0.4 is 16.4 Å². The molecule has 1 saturated heterocycles. The van der Waals surface area contributed by atoms with Crippen molar-refractivity contribution in [1.82, 2.24) is 5.32 Å². The largest absolute Gasteiger partial charge is 0.370 e. The fourth-order valence-corrected chi connectivity index (χ4v) is 2.38. The normalized spacial score (nSPS) is 17.2. The fraction of sp³-hybridized carbons (Fsp3) is 0.529. The van der Waals surface area contributed by atoms with E-state index in [1.165, 1.54) is 0 Å². The van der Waals surface area contributed by atoms with Crippen LogP contribution in [0.25, 0.3) is 0 Å². The van der Waals surface area contributed by atoms with Gasteiger partial charge in [0.1, 0.15) is 6.10 Å². The number of hydrogen-bond acceptors (Lipinski definition) is 3. The number of carbonyl (C=O) groups is 1. The maximum atomic E-state index is 12.0. The summed E-state index contributed by atoms with van der Waals surface area (Å²) in [6.07, 6.45) is 3.59. The van der Waals surface area contributed by atoms with Crippen LogP contribution in [0.3, 0.4) is 0 Å². The van der Waals surface area contributed by atoms with Gasteiger partial charge in [-0.3, -0.25) is 4.79 Å². The van der Waals surface area contributed by atoms with Gasteiger partial charge in [0.25, 0.3) is 5.91 Å². The first-order chi connectivity index (χ1) is 11.2. The smallest absolute Gasteiger partial charge is 0.253 e. The third kappa shape index (κ3) is 7.04. The number of carbonyl (C=O) groups excluding carboxylic acids is 1. The first-order valence-electron chi connectivity index (χ1n) is 8.24. The zero-order chi connectivity index (χ0) is 16.5. The lowest BCUT2D eigenvalue weighted by Gasteiger charge is -2.11. The van der Waals surface area contributed by atoms with Crippen LogP contribution in [0.4, 0.5) is 5.69 Å². The first kappa shape index (κ1) is 20.7. The molecule has 134 valence electrons. The average molecular weight is 446 g/mol. The zero-order valence-corrected chi connectivity index (χ0v) is 16.4. The molecule has 2 rings (SSSR count). The van der Waals surface area contributed by atoms with Crippen LogP contribution in [0.2, 0.25) is 0 Å². The first-order valence-corrected chi connectivity index (χ1v) is 8.24. The minimum atomic E-state index is -0.324. The molecule has 1 amide bonds. The van der Waals surface area contributed by atoms with E-state index >= 15 is 0 Å². The van der Waals surface area contributed by atoms with Crippen molar-refractivity contribution in [2.75, 3.05) is 18.5 Å². The Labute approximate surface area is 160 Å². The highest BCUT2D eigenvalue weighted by Crippen LogP contribution is 2.16. The molecule has 1 aromatic carbocycles. The Kier molecular flexibility index (Phi) is 9.70. The van der Waals surface area contributed by atoms with Crippen LogP contribution in [-0.2, 0) is 16.1 Å². The molecule has 6 nitrogen and oxygen atoms in total. The summed E-state index contributed by atoms with van der Waals surface area (Å²) in [6, 6.07) is 7.64. The molecule has 7 heteroatoms. The van der Waals surface area contributed by atoms with E-state index in [0.29, 0.717) is 19.1 Å². The number of guanidine groups is 1. The summed E-state index contributed by atoms with van der Waals surface area (Å²) in [5, 5.41) is 5.97. The predicted molar refractivity (Wildman–Crippen MR) is 108 cm³/mol. The summed E-state index contributed by atoms with van der Waals surface area (Å²) >= 11 is 0. The molecular weight excluding hydrogens is 419 g/mol. The second-order valence-electron chi connectivity index (χ2n) is 5.67. The summed E-state index contributed by atoms with van der Waals surface area (Å²) in [4.78, 5) is 16.4. The summed E-state index contributed by atoms with van der Waals surface area (Å²) in [6.45, 7) is 4.11. The minimum absolute atomic E-state index is 0. The molecule has 24 heavy (non-hydrogen) atoms. The van der Waals surface area contributed by atoms with Gasteiger partial charge in [0.05, 0.1) is 6.54 Å². The number of benzene rings is 1. The molecule has 0 aliphatic carbocycles. The summed E-state index contributed by atoms with van der Waals surface area (Å²) in [5.41, 5.74) is 7.57.